The highest BCUT2D eigenvalue weighted by Gasteiger charge is 2.12. The molecule has 0 aliphatic rings. The fourth-order valence-electron chi connectivity index (χ4n) is 1.76. The molecule has 0 radical (unpaired) electrons. The van der Waals surface area contributed by atoms with Crippen LogP contribution in [0, 0.1) is 6.92 Å². The van der Waals surface area contributed by atoms with Gasteiger partial charge in [-0.05, 0) is 25.5 Å². The third-order valence-electron chi connectivity index (χ3n) is 2.75. The van der Waals surface area contributed by atoms with E-state index in [4.69, 9.17) is 5.73 Å². The van der Waals surface area contributed by atoms with E-state index in [0.29, 0.717) is 0 Å². The minimum atomic E-state index is -0.0482. The van der Waals surface area contributed by atoms with E-state index < -0.39 is 0 Å². The standard InChI is InChI=1S/C12H13N5S/c1-6-3-4-14-11-9(6)16-10(17-11)8-5-18-12(15-8)7(2)13/h3-5,7H,13H2,1-2H3,(H,14,16,17). The molecular weight excluding hydrogens is 246 g/mol. The molecule has 3 rings (SSSR count). The van der Waals surface area contributed by atoms with Crippen LogP contribution in [0.4, 0.5) is 0 Å². The molecule has 0 aliphatic heterocycles. The summed E-state index contributed by atoms with van der Waals surface area (Å²) in [6.45, 7) is 3.95. The summed E-state index contributed by atoms with van der Waals surface area (Å²) in [7, 11) is 0. The van der Waals surface area contributed by atoms with Crippen LogP contribution in [0.3, 0.4) is 0 Å². The van der Waals surface area contributed by atoms with E-state index in [1.807, 2.05) is 25.3 Å². The van der Waals surface area contributed by atoms with Gasteiger partial charge in [-0.25, -0.2) is 15.0 Å². The summed E-state index contributed by atoms with van der Waals surface area (Å²) in [6, 6.07) is 1.91. The van der Waals surface area contributed by atoms with E-state index >= 15 is 0 Å². The fourth-order valence-corrected chi connectivity index (χ4v) is 2.52. The number of aromatic amines is 1. The van der Waals surface area contributed by atoms with E-state index in [2.05, 4.69) is 19.9 Å². The van der Waals surface area contributed by atoms with Crippen LogP contribution in [0.1, 0.15) is 23.5 Å². The number of aryl methyl sites for hydroxylation is 1. The number of H-pyrrole nitrogens is 1. The van der Waals surface area contributed by atoms with Gasteiger partial charge in [0.1, 0.15) is 10.7 Å². The van der Waals surface area contributed by atoms with Crippen molar-refractivity contribution in [2.75, 3.05) is 0 Å². The zero-order valence-corrected chi connectivity index (χ0v) is 11.0. The van der Waals surface area contributed by atoms with Crippen LogP contribution in [0.2, 0.25) is 0 Å². The Morgan fingerprint density at radius 2 is 2.22 bits per heavy atom. The molecule has 18 heavy (non-hydrogen) atoms. The molecule has 3 N–H and O–H groups in total. The lowest BCUT2D eigenvalue weighted by atomic mass is 10.3. The summed E-state index contributed by atoms with van der Waals surface area (Å²) in [5.41, 5.74) is 9.44. The summed E-state index contributed by atoms with van der Waals surface area (Å²) in [4.78, 5) is 16.4. The van der Waals surface area contributed by atoms with E-state index in [9.17, 15) is 0 Å². The molecule has 3 heterocycles. The summed E-state index contributed by atoms with van der Waals surface area (Å²) < 4.78 is 0. The summed E-state index contributed by atoms with van der Waals surface area (Å²) in [6.07, 6.45) is 1.76. The molecule has 0 aliphatic carbocycles. The van der Waals surface area contributed by atoms with Crippen LogP contribution in [0.15, 0.2) is 17.6 Å². The van der Waals surface area contributed by atoms with Crippen molar-refractivity contribution in [2.45, 2.75) is 19.9 Å². The molecule has 0 spiro atoms. The maximum Gasteiger partial charge on any atom is 0.178 e. The molecule has 5 nitrogen and oxygen atoms in total. The molecule has 92 valence electrons. The molecule has 0 saturated heterocycles. The Balaban J connectivity index is 2.10. The Kier molecular flexibility index (Phi) is 2.61. The largest absolute Gasteiger partial charge is 0.335 e. The van der Waals surface area contributed by atoms with E-state index in [-0.39, 0.29) is 6.04 Å². The lowest BCUT2D eigenvalue weighted by molar-refractivity contribution is 0.807. The van der Waals surface area contributed by atoms with Crippen molar-refractivity contribution in [1.29, 1.82) is 0 Å². The fraction of sp³-hybridized carbons (Fsp3) is 0.250. The van der Waals surface area contributed by atoms with Gasteiger partial charge in [-0.3, -0.25) is 0 Å². The normalized spacial score (nSPS) is 13.1. The van der Waals surface area contributed by atoms with Crippen LogP contribution in [0.5, 0.6) is 0 Å². The van der Waals surface area contributed by atoms with E-state index in [1.165, 1.54) is 0 Å². The average Bonchev–Trinajstić information content (AvgIpc) is 2.95. The average molecular weight is 259 g/mol. The molecule has 0 aromatic carbocycles. The molecule has 1 atom stereocenters. The van der Waals surface area contributed by atoms with Crippen molar-refractivity contribution >= 4 is 22.5 Å². The Hall–Kier alpha value is -1.79. The van der Waals surface area contributed by atoms with Crippen molar-refractivity contribution in [3.63, 3.8) is 0 Å². The number of nitrogens with two attached hydrogens (primary N) is 1. The molecule has 0 fully saturated rings. The number of imidazole rings is 1. The quantitative estimate of drug-likeness (QED) is 0.740. The van der Waals surface area contributed by atoms with Gasteiger partial charge in [0.15, 0.2) is 11.5 Å². The van der Waals surface area contributed by atoms with Crippen molar-refractivity contribution in [3.05, 3.63) is 28.2 Å². The maximum atomic E-state index is 5.81. The van der Waals surface area contributed by atoms with Crippen LogP contribution in [-0.2, 0) is 0 Å². The molecule has 0 amide bonds. The van der Waals surface area contributed by atoms with Crippen LogP contribution >= 0.6 is 11.3 Å². The number of thiazole rings is 1. The third-order valence-corrected chi connectivity index (χ3v) is 3.80. The van der Waals surface area contributed by atoms with Gasteiger partial charge in [0, 0.05) is 11.6 Å². The molecule has 6 heteroatoms. The Morgan fingerprint density at radius 1 is 1.39 bits per heavy atom. The number of nitrogens with zero attached hydrogens (tertiary/aromatic N) is 3. The third kappa shape index (κ3) is 1.79. The summed E-state index contributed by atoms with van der Waals surface area (Å²) in [5.74, 6) is 0.745. The highest BCUT2D eigenvalue weighted by molar-refractivity contribution is 7.10. The smallest absolute Gasteiger partial charge is 0.178 e. The Labute approximate surface area is 108 Å². The predicted molar refractivity (Wildman–Crippen MR) is 72.3 cm³/mol. The molecule has 3 aromatic rings. The van der Waals surface area contributed by atoms with Crippen molar-refractivity contribution < 1.29 is 0 Å². The second-order valence-corrected chi connectivity index (χ2v) is 5.16. The lowest BCUT2D eigenvalue weighted by Gasteiger charge is -1.96. The number of pyridine rings is 1. The van der Waals surface area contributed by atoms with Gasteiger partial charge in [0.25, 0.3) is 0 Å². The van der Waals surface area contributed by atoms with Crippen molar-refractivity contribution in [1.82, 2.24) is 19.9 Å². The Bertz CT molecular complexity index is 697. The highest BCUT2D eigenvalue weighted by Crippen LogP contribution is 2.24. The first-order valence-electron chi connectivity index (χ1n) is 5.68. The molecule has 3 aromatic heterocycles. The molecular formula is C12H13N5S. The number of nitrogens with one attached hydrogen (secondary N) is 1. The van der Waals surface area contributed by atoms with Gasteiger partial charge >= 0.3 is 0 Å². The molecule has 1 unspecified atom stereocenters. The van der Waals surface area contributed by atoms with Crippen LogP contribution < -0.4 is 5.73 Å². The van der Waals surface area contributed by atoms with E-state index in [0.717, 1.165) is 33.3 Å². The monoisotopic (exact) mass is 259 g/mol. The lowest BCUT2D eigenvalue weighted by Crippen LogP contribution is -2.03. The number of hydrogen-bond donors (Lipinski definition) is 2. The van der Waals surface area contributed by atoms with Gasteiger partial charge < -0.3 is 10.7 Å². The van der Waals surface area contributed by atoms with Gasteiger partial charge in [0.2, 0.25) is 0 Å². The highest BCUT2D eigenvalue weighted by atomic mass is 32.1. The SMILES string of the molecule is Cc1ccnc2nc(-c3csc(C(C)N)n3)[nH]c12. The van der Waals surface area contributed by atoms with Gasteiger partial charge in [-0.15, -0.1) is 11.3 Å². The van der Waals surface area contributed by atoms with Gasteiger partial charge in [-0.1, -0.05) is 0 Å². The van der Waals surface area contributed by atoms with Gasteiger partial charge in [0.05, 0.1) is 11.6 Å². The summed E-state index contributed by atoms with van der Waals surface area (Å²) >= 11 is 1.55. The zero-order chi connectivity index (χ0) is 12.7. The zero-order valence-electron chi connectivity index (χ0n) is 10.1. The van der Waals surface area contributed by atoms with Crippen LogP contribution in [-0.4, -0.2) is 19.9 Å². The first-order chi connectivity index (χ1) is 8.65. The number of aromatic nitrogens is 4. The van der Waals surface area contributed by atoms with Crippen molar-refractivity contribution in [3.8, 4) is 11.5 Å². The molecule has 0 saturated carbocycles. The van der Waals surface area contributed by atoms with Crippen molar-refractivity contribution in [2.24, 2.45) is 5.73 Å². The second-order valence-electron chi connectivity index (χ2n) is 4.27. The maximum absolute atomic E-state index is 5.81. The molecule has 0 bridgehead atoms. The van der Waals surface area contributed by atoms with Crippen LogP contribution in [0.25, 0.3) is 22.7 Å². The first-order valence-corrected chi connectivity index (χ1v) is 6.56. The number of fused-ring (bicyclic) bond motifs is 1. The van der Waals surface area contributed by atoms with Gasteiger partial charge in [-0.2, -0.15) is 0 Å². The predicted octanol–water partition coefficient (Wildman–Crippen LogP) is 2.41. The Morgan fingerprint density at radius 3 is 2.89 bits per heavy atom. The van der Waals surface area contributed by atoms with E-state index in [1.54, 1.807) is 17.5 Å². The number of hydrogen-bond acceptors (Lipinski definition) is 5. The minimum Gasteiger partial charge on any atom is -0.335 e. The first kappa shape index (κ1) is 11.3. The topological polar surface area (TPSA) is 80.5 Å². The summed E-state index contributed by atoms with van der Waals surface area (Å²) in [5, 5.41) is 2.88. The number of rotatable bonds is 2. The second kappa shape index (κ2) is 4.15. The minimum absolute atomic E-state index is 0.0482.